The molecule has 0 saturated carbocycles. The van der Waals surface area contributed by atoms with Crippen LogP contribution in [0.4, 0.5) is 10.5 Å². The summed E-state index contributed by atoms with van der Waals surface area (Å²) < 4.78 is 10.5. The minimum absolute atomic E-state index is 0.199. The van der Waals surface area contributed by atoms with Gasteiger partial charge in [0.05, 0.1) is 12.8 Å². The van der Waals surface area contributed by atoms with Gasteiger partial charge < -0.3 is 14.6 Å². The summed E-state index contributed by atoms with van der Waals surface area (Å²) in [4.78, 5) is 29.2. The van der Waals surface area contributed by atoms with Crippen molar-refractivity contribution in [1.82, 2.24) is 0 Å². The van der Waals surface area contributed by atoms with E-state index < -0.39 is 18.6 Å². The van der Waals surface area contributed by atoms with Gasteiger partial charge in [-0.25, -0.2) is 9.69 Å². The Morgan fingerprint density at radius 1 is 1.18 bits per heavy atom. The monoisotopic (exact) mass is 402 g/mol. The average molecular weight is 402 g/mol. The Hall–Kier alpha value is -3.00. The SMILES string of the molecule is COc1ccc(SCCOC(=O)N(/C=N/CC(=O)O)c2ccccc2C)cc1. The number of carboxylic acid groups (broad SMARTS) is 1. The predicted octanol–water partition coefficient (Wildman–Crippen LogP) is 3.85. The summed E-state index contributed by atoms with van der Waals surface area (Å²) in [6.45, 7) is 1.62. The molecule has 8 heteroatoms. The topological polar surface area (TPSA) is 88.4 Å². The van der Waals surface area contributed by atoms with E-state index in [0.29, 0.717) is 11.4 Å². The zero-order chi connectivity index (χ0) is 20.4. The number of carboxylic acids is 1. The number of methoxy groups -OCH3 is 1. The molecule has 0 unspecified atom stereocenters. The highest BCUT2D eigenvalue weighted by Gasteiger charge is 2.17. The molecule has 2 rings (SSSR count). The van der Waals surface area contributed by atoms with Crippen molar-refractivity contribution in [2.75, 3.05) is 30.9 Å². The highest BCUT2D eigenvalue weighted by molar-refractivity contribution is 7.99. The second-order valence-corrected chi connectivity index (χ2v) is 6.81. The lowest BCUT2D eigenvalue weighted by Gasteiger charge is -2.19. The van der Waals surface area contributed by atoms with Crippen molar-refractivity contribution in [3.63, 3.8) is 0 Å². The number of aliphatic imine (C=N–C) groups is 1. The molecule has 2 aromatic carbocycles. The molecule has 0 saturated heterocycles. The predicted molar refractivity (Wildman–Crippen MR) is 110 cm³/mol. The number of ether oxygens (including phenoxy) is 2. The number of para-hydroxylation sites is 1. The lowest BCUT2D eigenvalue weighted by molar-refractivity contribution is -0.135. The van der Waals surface area contributed by atoms with Crippen molar-refractivity contribution >= 4 is 35.9 Å². The Kier molecular flexibility index (Phi) is 8.36. The Labute approximate surface area is 168 Å². The third-order valence-corrected chi connectivity index (χ3v) is 4.61. The number of hydrogen-bond acceptors (Lipinski definition) is 6. The van der Waals surface area contributed by atoms with Crippen molar-refractivity contribution in [3.05, 3.63) is 54.1 Å². The second kappa shape index (κ2) is 11.0. The fourth-order valence-corrected chi connectivity index (χ4v) is 3.00. The van der Waals surface area contributed by atoms with Gasteiger partial charge in [0.1, 0.15) is 25.2 Å². The summed E-state index contributed by atoms with van der Waals surface area (Å²) in [6.07, 6.45) is 0.578. The number of carbonyl (C=O) groups is 2. The van der Waals surface area contributed by atoms with Crippen molar-refractivity contribution in [1.29, 1.82) is 0 Å². The molecular formula is C20H22N2O5S. The number of rotatable bonds is 9. The van der Waals surface area contributed by atoms with Crippen LogP contribution in [0, 0.1) is 6.92 Å². The molecule has 0 aliphatic rings. The smallest absolute Gasteiger partial charge is 0.419 e. The molecule has 7 nitrogen and oxygen atoms in total. The average Bonchev–Trinajstić information content (AvgIpc) is 2.69. The van der Waals surface area contributed by atoms with Crippen molar-refractivity contribution in [2.45, 2.75) is 11.8 Å². The number of anilines is 1. The molecule has 0 aliphatic carbocycles. The van der Waals surface area contributed by atoms with E-state index in [1.165, 1.54) is 11.2 Å². The molecule has 0 aliphatic heterocycles. The van der Waals surface area contributed by atoms with E-state index in [1.807, 2.05) is 43.3 Å². The number of carbonyl (C=O) groups excluding carboxylic acids is 1. The molecule has 0 atom stereocenters. The molecule has 0 aromatic heterocycles. The fraction of sp³-hybridized carbons (Fsp3) is 0.250. The molecule has 1 amide bonds. The van der Waals surface area contributed by atoms with Crippen molar-refractivity contribution in [3.8, 4) is 5.75 Å². The maximum Gasteiger partial charge on any atom is 0.419 e. The van der Waals surface area contributed by atoms with Crippen molar-refractivity contribution < 1.29 is 24.2 Å². The van der Waals surface area contributed by atoms with Gasteiger partial charge in [-0.05, 0) is 42.8 Å². The third-order valence-electron chi connectivity index (χ3n) is 3.63. The van der Waals surface area contributed by atoms with E-state index in [0.717, 1.165) is 16.2 Å². The van der Waals surface area contributed by atoms with E-state index in [-0.39, 0.29) is 6.61 Å². The lowest BCUT2D eigenvalue weighted by atomic mass is 10.2. The number of benzene rings is 2. The van der Waals surface area contributed by atoms with Gasteiger partial charge in [0.25, 0.3) is 0 Å². The van der Waals surface area contributed by atoms with Gasteiger partial charge in [0.15, 0.2) is 0 Å². The van der Waals surface area contributed by atoms with Crippen LogP contribution in [0.3, 0.4) is 0 Å². The number of amides is 1. The van der Waals surface area contributed by atoms with E-state index in [1.54, 1.807) is 31.0 Å². The largest absolute Gasteiger partial charge is 0.497 e. The van der Waals surface area contributed by atoms with Crippen LogP contribution in [0.15, 0.2) is 58.4 Å². The number of aliphatic carboxylic acids is 1. The summed E-state index contributed by atoms with van der Waals surface area (Å²) in [6, 6.07) is 14.8. The molecule has 0 heterocycles. The molecule has 0 radical (unpaired) electrons. The first-order valence-electron chi connectivity index (χ1n) is 8.51. The van der Waals surface area contributed by atoms with E-state index >= 15 is 0 Å². The molecule has 1 N–H and O–H groups in total. The molecule has 0 spiro atoms. The van der Waals surface area contributed by atoms with Crippen LogP contribution in [0.2, 0.25) is 0 Å². The lowest BCUT2D eigenvalue weighted by Crippen LogP contribution is -2.31. The molecule has 2 aromatic rings. The Morgan fingerprint density at radius 3 is 2.54 bits per heavy atom. The van der Waals surface area contributed by atoms with Gasteiger partial charge in [-0.3, -0.25) is 9.79 Å². The van der Waals surface area contributed by atoms with Crippen LogP contribution < -0.4 is 9.64 Å². The Morgan fingerprint density at radius 2 is 1.89 bits per heavy atom. The minimum atomic E-state index is -1.08. The van der Waals surface area contributed by atoms with Crippen LogP contribution in [0.25, 0.3) is 0 Å². The molecule has 148 valence electrons. The van der Waals surface area contributed by atoms with Gasteiger partial charge in [0.2, 0.25) is 0 Å². The summed E-state index contributed by atoms with van der Waals surface area (Å²) in [5.41, 5.74) is 1.43. The fourth-order valence-electron chi connectivity index (χ4n) is 2.27. The van der Waals surface area contributed by atoms with Crippen LogP contribution >= 0.6 is 11.8 Å². The van der Waals surface area contributed by atoms with Crippen LogP contribution in [-0.2, 0) is 9.53 Å². The van der Waals surface area contributed by atoms with Crippen molar-refractivity contribution in [2.24, 2.45) is 4.99 Å². The highest BCUT2D eigenvalue weighted by Crippen LogP contribution is 2.22. The number of hydrogen-bond donors (Lipinski definition) is 1. The Bertz CT molecular complexity index is 824. The zero-order valence-corrected chi connectivity index (χ0v) is 16.5. The van der Waals surface area contributed by atoms with Gasteiger partial charge in [-0.2, -0.15) is 0 Å². The zero-order valence-electron chi connectivity index (χ0n) is 15.7. The van der Waals surface area contributed by atoms with Gasteiger partial charge >= 0.3 is 12.1 Å². The maximum absolute atomic E-state index is 12.5. The third kappa shape index (κ3) is 6.62. The van der Waals surface area contributed by atoms with Gasteiger partial charge in [0, 0.05) is 10.6 Å². The minimum Gasteiger partial charge on any atom is -0.497 e. The normalized spacial score (nSPS) is 10.6. The highest BCUT2D eigenvalue weighted by atomic mass is 32.2. The summed E-state index contributed by atoms with van der Waals surface area (Å²) >= 11 is 1.55. The number of nitrogens with zero attached hydrogens (tertiary/aromatic N) is 2. The Balaban J connectivity index is 1.94. The molecule has 0 bridgehead atoms. The standard InChI is InChI=1S/C20H22N2O5S/c1-15-5-3-4-6-18(15)22(14-21-13-19(23)24)20(25)27-11-12-28-17-9-7-16(26-2)8-10-17/h3-10,14H,11-13H2,1-2H3,(H,23,24)/b21-14+. The first kappa shape index (κ1) is 21.3. The summed E-state index contributed by atoms with van der Waals surface area (Å²) in [7, 11) is 1.61. The first-order chi connectivity index (χ1) is 13.5. The summed E-state index contributed by atoms with van der Waals surface area (Å²) in [5, 5.41) is 8.75. The van der Waals surface area contributed by atoms with Gasteiger partial charge in [-0.1, -0.05) is 18.2 Å². The number of thioether (sulfide) groups is 1. The second-order valence-electron chi connectivity index (χ2n) is 5.64. The van der Waals surface area contributed by atoms with E-state index in [2.05, 4.69) is 4.99 Å². The molecule has 28 heavy (non-hydrogen) atoms. The molecule has 0 fully saturated rings. The van der Waals surface area contributed by atoms with Gasteiger partial charge in [-0.15, -0.1) is 11.8 Å². The number of aryl methyl sites for hydroxylation is 1. The van der Waals surface area contributed by atoms with E-state index in [9.17, 15) is 9.59 Å². The van der Waals surface area contributed by atoms with E-state index in [4.69, 9.17) is 14.6 Å². The van der Waals surface area contributed by atoms with Crippen LogP contribution in [0.5, 0.6) is 5.75 Å². The van der Waals surface area contributed by atoms with Crippen LogP contribution in [-0.4, -0.2) is 49.5 Å². The first-order valence-corrected chi connectivity index (χ1v) is 9.50. The van der Waals surface area contributed by atoms with Crippen LogP contribution in [0.1, 0.15) is 5.56 Å². The maximum atomic E-state index is 12.5. The quantitative estimate of drug-likeness (QED) is 0.297. The molecular weight excluding hydrogens is 380 g/mol. The summed E-state index contributed by atoms with van der Waals surface area (Å²) in [5.74, 6) is 0.280.